The number of carbonyl (C=O) groups excluding carboxylic acids is 2. The van der Waals surface area contributed by atoms with E-state index in [4.69, 9.17) is 56.8 Å². The molecule has 23 N–H and O–H groups in total. The third-order valence-electron chi connectivity index (χ3n) is 15.9. The maximum absolute atomic E-state index is 13.4. The van der Waals surface area contributed by atoms with Crippen molar-refractivity contribution in [1.29, 1.82) is 0 Å². The smallest absolute Gasteiger partial charge is 0.364 e. The fraction of sp³-hybridized carbons (Fsp3) is 0.939. The molecule has 0 bridgehead atoms. The van der Waals surface area contributed by atoms with Gasteiger partial charge in [0.15, 0.2) is 31.5 Å². The molecule has 2 amide bonds. The summed E-state index contributed by atoms with van der Waals surface area (Å²) in [5.74, 6) is -7.27. The molecule has 506 valence electrons. The lowest BCUT2D eigenvalue weighted by atomic mass is 9.90. The molecule has 0 aromatic carbocycles. The number of rotatable bonds is 25. The number of amides is 2. The first-order valence-corrected chi connectivity index (χ1v) is 27.7. The molecular formula is C49H84N2O36. The summed E-state index contributed by atoms with van der Waals surface area (Å²) in [6, 6.07) is -3.77. The topological polar surface area (TPSA) is 611 Å². The molecule has 6 fully saturated rings. The molecule has 38 nitrogen and oxygen atoms in total. The van der Waals surface area contributed by atoms with Crippen molar-refractivity contribution in [3.63, 3.8) is 0 Å². The third kappa shape index (κ3) is 16.3. The summed E-state index contributed by atoms with van der Waals surface area (Å²) in [5.41, 5.74) is 0. The summed E-state index contributed by atoms with van der Waals surface area (Å²) in [7, 11) is 0. The molecule has 6 aliphatic rings. The van der Waals surface area contributed by atoms with E-state index >= 15 is 0 Å². The molecule has 0 radical (unpaired) electrons. The molecule has 0 aromatic heterocycles. The van der Waals surface area contributed by atoms with Crippen molar-refractivity contribution < 1.29 is 178 Å². The van der Waals surface area contributed by atoms with Crippen LogP contribution < -0.4 is 10.6 Å². The molecule has 6 heterocycles. The lowest BCUT2D eigenvalue weighted by Crippen LogP contribution is -2.69. The molecule has 38 heteroatoms. The highest BCUT2D eigenvalue weighted by Gasteiger charge is 2.60. The first-order valence-electron chi connectivity index (χ1n) is 27.7. The summed E-state index contributed by atoms with van der Waals surface area (Å²) in [6.07, 6.45) is -63.8. The van der Waals surface area contributed by atoms with Crippen LogP contribution in [0.2, 0.25) is 0 Å². The molecule has 0 saturated carbocycles. The number of nitrogens with one attached hydrogen (secondary N) is 2. The maximum Gasteiger partial charge on any atom is 0.364 e. The van der Waals surface area contributed by atoms with Gasteiger partial charge < -0.3 is 175 Å². The van der Waals surface area contributed by atoms with Gasteiger partial charge in [0.2, 0.25) is 11.8 Å². The van der Waals surface area contributed by atoms with Crippen LogP contribution in [-0.2, 0) is 71.2 Å². The molecular weight excluding hydrogens is 1190 g/mol. The van der Waals surface area contributed by atoms with Crippen molar-refractivity contribution in [3.05, 3.63) is 0 Å². The number of carboxylic acid groups (broad SMARTS) is 1. The summed E-state index contributed by atoms with van der Waals surface area (Å²) in [6.45, 7) is -0.232. The first kappa shape index (κ1) is 73.2. The highest BCUT2D eigenvalue weighted by molar-refractivity contribution is 5.76. The number of carbonyl (C=O) groups is 3. The highest BCUT2D eigenvalue weighted by atomic mass is 16.8. The second kappa shape index (κ2) is 31.2. The van der Waals surface area contributed by atoms with Crippen LogP contribution in [0.4, 0.5) is 0 Å². The first-order chi connectivity index (χ1) is 40.8. The van der Waals surface area contributed by atoms with E-state index in [-0.39, 0.29) is 0 Å². The summed E-state index contributed by atoms with van der Waals surface area (Å²) < 4.78 is 68.7. The van der Waals surface area contributed by atoms with Crippen LogP contribution in [0.5, 0.6) is 0 Å². The van der Waals surface area contributed by atoms with Gasteiger partial charge in [-0.25, -0.2) is 4.79 Å². The van der Waals surface area contributed by atoms with Gasteiger partial charge in [-0.15, -0.1) is 0 Å². The summed E-state index contributed by atoms with van der Waals surface area (Å²) in [5, 5.41) is 232. The van der Waals surface area contributed by atoms with Gasteiger partial charge in [0.25, 0.3) is 5.79 Å². The van der Waals surface area contributed by atoms with Crippen molar-refractivity contribution in [1.82, 2.24) is 10.6 Å². The molecule has 35 atom stereocenters. The lowest BCUT2D eigenvalue weighted by molar-refractivity contribution is -0.384. The lowest BCUT2D eigenvalue weighted by Gasteiger charge is -2.49. The second-order valence-electron chi connectivity index (χ2n) is 22.2. The number of aliphatic carboxylic acids is 1. The van der Waals surface area contributed by atoms with Gasteiger partial charge in [-0.05, 0) is 20.8 Å². The van der Waals surface area contributed by atoms with E-state index in [1.54, 1.807) is 0 Å². The Morgan fingerprint density at radius 1 is 0.529 bits per heavy atom. The molecule has 0 aromatic rings. The van der Waals surface area contributed by atoms with Gasteiger partial charge in [0.1, 0.15) is 146 Å². The number of aliphatic hydroxyl groups excluding tert-OH is 20. The minimum atomic E-state index is -3.27. The molecule has 6 saturated heterocycles. The van der Waals surface area contributed by atoms with Gasteiger partial charge in [-0.1, -0.05) is 0 Å². The van der Waals surface area contributed by atoms with Crippen molar-refractivity contribution in [2.75, 3.05) is 33.0 Å². The van der Waals surface area contributed by atoms with Crippen LogP contribution in [0.3, 0.4) is 0 Å². The van der Waals surface area contributed by atoms with Gasteiger partial charge in [0, 0.05) is 20.3 Å². The molecule has 0 unspecified atom stereocenters. The number of aliphatic hydroxyl groups is 20. The van der Waals surface area contributed by atoms with Crippen LogP contribution in [0.1, 0.15) is 41.0 Å². The van der Waals surface area contributed by atoms with Crippen molar-refractivity contribution >= 4 is 17.8 Å². The standard InChI is InChI=1S/C49H84N2O36/c1-12-24(60)32(68)35(71)44(77-12)85-40-26(62)14(3)79-46(37(40)73)80-20-6-49(48(74)75,87-41(30(20)66)27(63)18(58)8-53)76-11-19(59)28(64)38(17(7-52)50-15(4)56)83-43-23(51-16(5)57)31(67)39(22(10-55)82-43)84-47-42(34(70)29(65)21(9-54)81-47)86-45-36(72)33(69)25(61)13(2)78-45/h12-14,17-47,52-55,58-73H,6-11H2,1-5H3,(H,50,56)(H,51,57)(H,74,75)/t12-,13-,14-,17-,18+,19+,20-,21+,22+,23+,24+,25+,26+,27+,28-,29-,30+,31+,32+,33+,34-,35-,36-,37-,38+,39+,40+,41-,42+,43-,44-,45-,46-,47-,49+/m0/s1. The predicted molar refractivity (Wildman–Crippen MR) is 270 cm³/mol. The van der Waals surface area contributed by atoms with Crippen LogP contribution in [-0.4, -0.2) is 372 Å². The Morgan fingerprint density at radius 2 is 1.05 bits per heavy atom. The molecule has 6 aliphatic heterocycles. The molecule has 0 aliphatic carbocycles. The number of carboxylic acids is 1. The molecule has 87 heavy (non-hydrogen) atoms. The van der Waals surface area contributed by atoms with Crippen LogP contribution in [0, 0.1) is 0 Å². The van der Waals surface area contributed by atoms with Crippen LogP contribution in [0.15, 0.2) is 0 Å². The zero-order chi connectivity index (χ0) is 65.0. The highest BCUT2D eigenvalue weighted by Crippen LogP contribution is 2.39. The molecule has 6 rings (SSSR count). The Labute approximate surface area is 494 Å². The average Bonchev–Trinajstić information content (AvgIpc) is 0.922. The number of ether oxygens (including phenoxy) is 12. The van der Waals surface area contributed by atoms with Crippen molar-refractivity contribution in [2.24, 2.45) is 0 Å². The maximum atomic E-state index is 13.4. The zero-order valence-electron chi connectivity index (χ0n) is 47.4. The monoisotopic (exact) mass is 1280 g/mol. The van der Waals surface area contributed by atoms with Crippen molar-refractivity contribution in [3.8, 4) is 0 Å². The SMILES string of the molecule is CC(=O)N[C@H]1[C@H](O[C@@H]([C@@H](O)[C@H](O)CO[C@]2(C(=O)O)C[C@H](O[C@@H]3O[C@@H](C)[C@@H](O)[C@@H](O[C@@H]4O[C@@H](C)[C@@H](O)[C@@H](O)[C@@H]4O)[C@@H]3O)[C@@H](O)[C@H]([C@H](O)[C@H](O)CO)O2)[C@H](CO)NC(C)=O)O[C@H](CO)[C@@H](O[C@@H]2O[C@H](CO)[C@H](O)[C@H](O)[C@H]2O[C@@H]2O[C@@H](C)[C@@H](O)[C@@H](O)[C@@H]2O)[C@@H]1O. The predicted octanol–water partition coefficient (Wildman–Crippen LogP) is -14.1. The fourth-order valence-electron chi connectivity index (χ4n) is 10.8. The Balaban J connectivity index is 1.26. The largest absolute Gasteiger partial charge is 0.477 e. The van der Waals surface area contributed by atoms with Gasteiger partial charge in [-0.2, -0.15) is 0 Å². The third-order valence-corrected chi connectivity index (χ3v) is 15.9. The van der Waals surface area contributed by atoms with Gasteiger partial charge in [-0.3, -0.25) is 9.59 Å². The number of hydrogen-bond acceptors (Lipinski definition) is 35. The van der Waals surface area contributed by atoms with E-state index in [0.29, 0.717) is 0 Å². The second-order valence-corrected chi connectivity index (χ2v) is 22.2. The summed E-state index contributed by atoms with van der Waals surface area (Å²) >= 11 is 0. The Morgan fingerprint density at radius 3 is 1.55 bits per heavy atom. The van der Waals surface area contributed by atoms with Gasteiger partial charge >= 0.3 is 5.97 Å². The van der Waals surface area contributed by atoms with E-state index in [0.717, 1.165) is 13.8 Å². The van der Waals surface area contributed by atoms with E-state index in [2.05, 4.69) is 10.6 Å². The average molecular weight is 1280 g/mol. The fourth-order valence-corrected chi connectivity index (χ4v) is 10.8. The quantitative estimate of drug-likeness (QED) is 0.0404. The number of hydrogen-bond donors (Lipinski definition) is 23. The Hall–Kier alpha value is -2.87. The molecule has 0 spiro atoms. The van der Waals surface area contributed by atoms with Crippen molar-refractivity contribution in [2.45, 2.75) is 255 Å². The van der Waals surface area contributed by atoms with Gasteiger partial charge in [0.05, 0.1) is 63.5 Å². The Bertz CT molecular complexity index is 2180. The normalized spacial score (nSPS) is 45.9. The summed E-state index contributed by atoms with van der Waals surface area (Å²) in [4.78, 5) is 38.7. The minimum absolute atomic E-state index is 0.920. The van der Waals surface area contributed by atoms with E-state index in [1.807, 2.05) is 0 Å². The van der Waals surface area contributed by atoms with E-state index in [1.165, 1.54) is 20.8 Å². The minimum Gasteiger partial charge on any atom is -0.477 e. The van der Waals surface area contributed by atoms with Crippen LogP contribution >= 0.6 is 0 Å². The van der Waals surface area contributed by atoms with Crippen LogP contribution in [0.25, 0.3) is 0 Å². The van der Waals surface area contributed by atoms with E-state index < -0.39 is 271 Å². The van der Waals surface area contributed by atoms with E-state index in [9.17, 15) is 122 Å². The Kier molecular flexibility index (Phi) is 26.2. The zero-order valence-corrected chi connectivity index (χ0v) is 47.4.